The molecule has 0 amide bonds. The Morgan fingerprint density at radius 1 is 1.35 bits per heavy atom. The molecule has 1 saturated heterocycles. The Balaban J connectivity index is 1.91. The van der Waals surface area contributed by atoms with Crippen LogP contribution in [-0.2, 0) is 0 Å². The molecular weight excluding hydrogens is 288 g/mol. The number of likely N-dealkylation sites (tertiary alicyclic amines) is 1. The average molecular weight is 318 g/mol. The summed E-state index contributed by atoms with van der Waals surface area (Å²) in [5, 5.41) is 0. The van der Waals surface area contributed by atoms with Crippen molar-refractivity contribution < 1.29 is 9.53 Å². The van der Waals surface area contributed by atoms with E-state index in [0.29, 0.717) is 36.1 Å². The van der Waals surface area contributed by atoms with E-state index in [1.165, 1.54) is 25.7 Å². The molecule has 0 saturated carbocycles. The quantitative estimate of drug-likeness (QED) is 0.583. The molecule has 0 aromatic heterocycles. The molecule has 128 valence electrons. The molecule has 0 aliphatic carbocycles. The normalized spacial score (nSPS) is 18.8. The van der Waals surface area contributed by atoms with Crippen LogP contribution in [0, 0.1) is 0 Å². The molecular formula is C19H30N2O2. The molecule has 0 spiro atoms. The number of benzene rings is 1. The third-order valence-electron chi connectivity index (χ3n) is 4.64. The van der Waals surface area contributed by atoms with Gasteiger partial charge in [-0.2, -0.15) is 0 Å². The molecule has 0 bridgehead atoms. The van der Waals surface area contributed by atoms with Crippen molar-refractivity contribution in [1.29, 1.82) is 0 Å². The highest BCUT2D eigenvalue weighted by Gasteiger charge is 2.21. The maximum absolute atomic E-state index is 12.4. The lowest BCUT2D eigenvalue weighted by Gasteiger charge is -2.35. The van der Waals surface area contributed by atoms with Crippen LogP contribution in [-0.4, -0.2) is 36.4 Å². The largest absolute Gasteiger partial charge is 0.491 e. The van der Waals surface area contributed by atoms with Crippen LogP contribution in [0.5, 0.6) is 5.75 Å². The number of carbonyl (C=O) groups is 1. The number of ether oxygens (including phenoxy) is 1. The van der Waals surface area contributed by atoms with E-state index in [0.717, 1.165) is 19.5 Å². The molecule has 1 aliphatic rings. The number of piperidine rings is 1. The van der Waals surface area contributed by atoms with Crippen molar-refractivity contribution in [3.8, 4) is 5.75 Å². The smallest absolute Gasteiger partial charge is 0.164 e. The molecule has 23 heavy (non-hydrogen) atoms. The summed E-state index contributed by atoms with van der Waals surface area (Å²) >= 11 is 0. The van der Waals surface area contributed by atoms with Crippen LogP contribution in [0.2, 0.25) is 0 Å². The summed E-state index contributed by atoms with van der Waals surface area (Å²) in [5.74, 6) is 0.838. The lowest BCUT2D eigenvalue weighted by molar-refractivity contribution is 0.0923. The minimum atomic E-state index is 0.166. The number of hydrogen-bond acceptors (Lipinski definition) is 4. The molecule has 1 aliphatic heterocycles. The molecule has 1 unspecified atom stereocenters. The zero-order valence-corrected chi connectivity index (χ0v) is 14.5. The second kappa shape index (κ2) is 8.92. The van der Waals surface area contributed by atoms with Gasteiger partial charge in [0.25, 0.3) is 0 Å². The Kier molecular flexibility index (Phi) is 6.90. The first-order valence-corrected chi connectivity index (χ1v) is 8.95. The minimum Gasteiger partial charge on any atom is -0.491 e. The van der Waals surface area contributed by atoms with Crippen LogP contribution < -0.4 is 10.5 Å². The maximum Gasteiger partial charge on any atom is 0.164 e. The van der Waals surface area contributed by atoms with Crippen molar-refractivity contribution in [2.45, 2.75) is 58.4 Å². The molecule has 1 aromatic carbocycles. The Bertz CT molecular complexity index is 516. The van der Waals surface area contributed by atoms with Gasteiger partial charge in [0, 0.05) is 24.6 Å². The van der Waals surface area contributed by atoms with Crippen molar-refractivity contribution >= 4 is 11.5 Å². The lowest BCUT2D eigenvalue weighted by Crippen LogP contribution is -2.40. The number of Topliss-reactive ketones (excluding diaryl/α,β-unsaturated/α-hetero) is 1. The second-order valence-electron chi connectivity index (χ2n) is 6.37. The van der Waals surface area contributed by atoms with Gasteiger partial charge >= 0.3 is 0 Å². The molecule has 1 heterocycles. The fraction of sp³-hybridized carbons (Fsp3) is 0.632. The van der Waals surface area contributed by atoms with Crippen LogP contribution >= 0.6 is 0 Å². The first-order chi connectivity index (χ1) is 11.2. The van der Waals surface area contributed by atoms with Gasteiger partial charge in [0.15, 0.2) is 5.78 Å². The molecule has 1 aromatic rings. The van der Waals surface area contributed by atoms with Gasteiger partial charge < -0.3 is 10.5 Å². The van der Waals surface area contributed by atoms with Crippen molar-refractivity contribution in [2.75, 3.05) is 25.4 Å². The summed E-state index contributed by atoms with van der Waals surface area (Å²) in [6.07, 6.45) is 6.51. The van der Waals surface area contributed by atoms with E-state index in [-0.39, 0.29) is 5.78 Å². The highest BCUT2D eigenvalue weighted by molar-refractivity contribution is 5.97. The van der Waals surface area contributed by atoms with Gasteiger partial charge in [0.2, 0.25) is 0 Å². The van der Waals surface area contributed by atoms with E-state index in [1.54, 1.807) is 6.07 Å². The maximum atomic E-state index is 12.4. The zero-order chi connectivity index (χ0) is 16.7. The van der Waals surface area contributed by atoms with Crippen molar-refractivity contribution in [3.63, 3.8) is 0 Å². The number of nitrogens with two attached hydrogens (primary N) is 1. The average Bonchev–Trinajstić information content (AvgIpc) is 2.58. The summed E-state index contributed by atoms with van der Waals surface area (Å²) in [4.78, 5) is 14.9. The first kappa shape index (κ1) is 17.8. The van der Waals surface area contributed by atoms with E-state index in [1.807, 2.05) is 12.1 Å². The topological polar surface area (TPSA) is 55.6 Å². The van der Waals surface area contributed by atoms with Gasteiger partial charge in [-0.1, -0.05) is 20.3 Å². The molecule has 4 heteroatoms. The van der Waals surface area contributed by atoms with Gasteiger partial charge in [-0.25, -0.2) is 0 Å². The third kappa shape index (κ3) is 4.96. The Labute approximate surface area is 140 Å². The number of rotatable bonds is 8. The fourth-order valence-corrected chi connectivity index (χ4v) is 3.27. The summed E-state index contributed by atoms with van der Waals surface area (Å²) in [5.41, 5.74) is 7.24. The molecule has 1 fully saturated rings. The van der Waals surface area contributed by atoms with E-state index < -0.39 is 0 Å². The fourth-order valence-electron chi connectivity index (χ4n) is 3.27. The number of nitrogens with zero attached hydrogens (tertiary/aromatic N) is 1. The molecule has 4 nitrogen and oxygen atoms in total. The lowest BCUT2D eigenvalue weighted by atomic mass is 9.99. The number of carbonyl (C=O) groups excluding carboxylic acids is 1. The number of ketones is 1. The summed E-state index contributed by atoms with van der Waals surface area (Å²) in [6.45, 7) is 6.91. The molecule has 2 N–H and O–H groups in total. The Morgan fingerprint density at radius 3 is 2.87 bits per heavy atom. The van der Waals surface area contributed by atoms with E-state index in [9.17, 15) is 4.79 Å². The number of nitrogen functional groups attached to an aromatic ring is 1. The highest BCUT2D eigenvalue weighted by atomic mass is 16.5. The monoisotopic (exact) mass is 318 g/mol. The SMILES string of the molecule is CCCOc1ccc(C(=O)CCN2CCCCC2CC)cc1N. The van der Waals surface area contributed by atoms with Crippen LogP contribution in [0.3, 0.4) is 0 Å². The van der Waals surface area contributed by atoms with Gasteiger partial charge in [0.05, 0.1) is 12.3 Å². The second-order valence-corrected chi connectivity index (χ2v) is 6.37. The van der Waals surface area contributed by atoms with Gasteiger partial charge in [-0.15, -0.1) is 0 Å². The van der Waals surface area contributed by atoms with Gasteiger partial charge in [-0.05, 0) is 50.4 Å². The van der Waals surface area contributed by atoms with Gasteiger partial charge in [-0.3, -0.25) is 9.69 Å². The van der Waals surface area contributed by atoms with Crippen molar-refractivity contribution in [2.24, 2.45) is 0 Å². The highest BCUT2D eigenvalue weighted by Crippen LogP contribution is 2.24. The van der Waals surface area contributed by atoms with Crippen LogP contribution in [0.15, 0.2) is 18.2 Å². The van der Waals surface area contributed by atoms with E-state index in [2.05, 4.69) is 18.7 Å². The summed E-state index contributed by atoms with van der Waals surface area (Å²) in [7, 11) is 0. The van der Waals surface area contributed by atoms with E-state index >= 15 is 0 Å². The standard InChI is InChI=1S/C19H30N2O2/c1-3-13-23-19-9-8-15(14-17(19)20)18(22)10-12-21-11-6-5-7-16(21)4-2/h8-9,14,16H,3-7,10-13,20H2,1-2H3. The molecule has 2 rings (SSSR count). The van der Waals surface area contributed by atoms with Crippen LogP contribution in [0.1, 0.15) is 62.7 Å². The Morgan fingerprint density at radius 2 is 2.17 bits per heavy atom. The van der Waals surface area contributed by atoms with Crippen molar-refractivity contribution in [3.05, 3.63) is 23.8 Å². The Hall–Kier alpha value is -1.55. The number of anilines is 1. The van der Waals surface area contributed by atoms with Crippen LogP contribution in [0.4, 0.5) is 5.69 Å². The number of hydrogen-bond donors (Lipinski definition) is 1. The molecule has 1 atom stereocenters. The van der Waals surface area contributed by atoms with Crippen molar-refractivity contribution in [1.82, 2.24) is 4.90 Å². The first-order valence-electron chi connectivity index (χ1n) is 8.95. The predicted octanol–water partition coefficient (Wildman–Crippen LogP) is 3.89. The van der Waals surface area contributed by atoms with Gasteiger partial charge in [0.1, 0.15) is 5.75 Å². The van der Waals surface area contributed by atoms with E-state index in [4.69, 9.17) is 10.5 Å². The van der Waals surface area contributed by atoms with Crippen LogP contribution in [0.25, 0.3) is 0 Å². The molecule has 0 radical (unpaired) electrons. The predicted molar refractivity (Wildman–Crippen MR) is 95.1 cm³/mol. The summed E-state index contributed by atoms with van der Waals surface area (Å²) in [6, 6.07) is 6.04. The minimum absolute atomic E-state index is 0.166. The third-order valence-corrected chi connectivity index (χ3v) is 4.64. The summed E-state index contributed by atoms with van der Waals surface area (Å²) < 4.78 is 5.56. The zero-order valence-electron chi connectivity index (χ0n) is 14.5.